The molecule has 5 heteroatoms. The highest BCUT2D eigenvalue weighted by molar-refractivity contribution is 6.30. The van der Waals surface area contributed by atoms with Crippen molar-refractivity contribution in [2.75, 3.05) is 18.5 Å². The molecule has 0 aliphatic heterocycles. The van der Waals surface area contributed by atoms with Crippen molar-refractivity contribution < 1.29 is 14.3 Å². The number of hydrogen-bond donors (Lipinski definition) is 1. The van der Waals surface area contributed by atoms with Gasteiger partial charge in [-0.05, 0) is 50.2 Å². The second kappa shape index (κ2) is 7.71. The van der Waals surface area contributed by atoms with Crippen LogP contribution in [0.25, 0.3) is 0 Å². The predicted molar refractivity (Wildman–Crippen MR) is 88.2 cm³/mol. The summed E-state index contributed by atoms with van der Waals surface area (Å²) in [5, 5.41) is 3.37. The molecule has 22 heavy (non-hydrogen) atoms. The Hall–Kier alpha value is -2.20. The average molecular weight is 320 g/mol. The fourth-order valence-corrected chi connectivity index (χ4v) is 2.15. The van der Waals surface area contributed by atoms with E-state index in [1.54, 1.807) is 42.5 Å². The fourth-order valence-electron chi connectivity index (χ4n) is 1.96. The van der Waals surface area contributed by atoms with E-state index in [1.165, 1.54) is 0 Å². The Labute approximate surface area is 135 Å². The van der Waals surface area contributed by atoms with Crippen LogP contribution in [0.3, 0.4) is 0 Å². The summed E-state index contributed by atoms with van der Waals surface area (Å²) >= 11 is 5.91. The van der Waals surface area contributed by atoms with Crippen LogP contribution in [-0.2, 0) is 0 Å². The summed E-state index contributed by atoms with van der Waals surface area (Å²) < 4.78 is 11.0. The Morgan fingerprint density at radius 1 is 1.05 bits per heavy atom. The maximum Gasteiger partial charge on any atom is 0.255 e. The van der Waals surface area contributed by atoms with Gasteiger partial charge in [-0.1, -0.05) is 17.7 Å². The van der Waals surface area contributed by atoms with Crippen molar-refractivity contribution in [2.45, 2.75) is 13.8 Å². The van der Waals surface area contributed by atoms with Crippen LogP contribution in [-0.4, -0.2) is 19.1 Å². The molecule has 116 valence electrons. The molecule has 0 fully saturated rings. The number of amides is 1. The molecular formula is C17H18ClNO3. The van der Waals surface area contributed by atoms with Gasteiger partial charge >= 0.3 is 0 Å². The first-order valence-electron chi connectivity index (χ1n) is 7.10. The molecule has 1 amide bonds. The Morgan fingerprint density at radius 2 is 1.77 bits per heavy atom. The van der Waals surface area contributed by atoms with Crippen molar-refractivity contribution in [1.29, 1.82) is 0 Å². The summed E-state index contributed by atoms with van der Waals surface area (Å²) in [5.41, 5.74) is 1.14. The molecule has 2 rings (SSSR count). The lowest BCUT2D eigenvalue weighted by Gasteiger charge is -2.12. The minimum atomic E-state index is -0.230. The molecular weight excluding hydrogens is 302 g/mol. The number of carbonyl (C=O) groups is 1. The van der Waals surface area contributed by atoms with Crippen molar-refractivity contribution >= 4 is 23.2 Å². The monoisotopic (exact) mass is 319 g/mol. The van der Waals surface area contributed by atoms with Crippen molar-refractivity contribution in [2.24, 2.45) is 0 Å². The van der Waals surface area contributed by atoms with Crippen molar-refractivity contribution in [3.63, 3.8) is 0 Å². The van der Waals surface area contributed by atoms with Gasteiger partial charge in [-0.3, -0.25) is 4.79 Å². The zero-order chi connectivity index (χ0) is 15.9. The maximum absolute atomic E-state index is 12.3. The van der Waals surface area contributed by atoms with Gasteiger partial charge in [0.05, 0.1) is 13.2 Å². The van der Waals surface area contributed by atoms with Crippen LogP contribution in [0, 0.1) is 0 Å². The van der Waals surface area contributed by atoms with Crippen LogP contribution >= 0.6 is 11.6 Å². The summed E-state index contributed by atoms with van der Waals surface area (Å²) in [7, 11) is 0. The highest BCUT2D eigenvalue weighted by Crippen LogP contribution is 2.29. The van der Waals surface area contributed by atoms with Crippen molar-refractivity contribution in [3.8, 4) is 11.5 Å². The molecule has 0 atom stereocenters. The number of anilines is 1. The van der Waals surface area contributed by atoms with Gasteiger partial charge in [0.2, 0.25) is 0 Å². The zero-order valence-corrected chi connectivity index (χ0v) is 13.3. The molecule has 1 N–H and O–H groups in total. The van der Waals surface area contributed by atoms with Gasteiger partial charge in [0.1, 0.15) is 0 Å². The lowest BCUT2D eigenvalue weighted by molar-refractivity contribution is 0.102. The van der Waals surface area contributed by atoms with Gasteiger partial charge in [-0.25, -0.2) is 0 Å². The second-order valence-electron chi connectivity index (χ2n) is 4.49. The van der Waals surface area contributed by atoms with E-state index in [1.807, 2.05) is 13.8 Å². The summed E-state index contributed by atoms with van der Waals surface area (Å²) in [6.07, 6.45) is 0. The Kier molecular flexibility index (Phi) is 5.67. The number of hydrogen-bond acceptors (Lipinski definition) is 3. The van der Waals surface area contributed by atoms with Crippen LogP contribution in [0.2, 0.25) is 5.02 Å². The molecule has 0 aliphatic rings. The summed E-state index contributed by atoms with van der Waals surface area (Å²) in [4.78, 5) is 12.3. The SMILES string of the molecule is CCOc1ccc(C(=O)Nc2cccc(Cl)c2)cc1OCC. The van der Waals surface area contributed by atoms with Gasteiger partial charge < -0.3 is 14.8 Å². The van der Waals surface area contributed by atoms with E-state index in [-0.39, 0.29) is 5.91 Å². The molecule has 0 heterocycles. The van der Waals surface area contributed by atoms with Crippen LogP contribution in [0.15, 0.2) is 42.5 Å². The van der Waals surface area contributed by atoms with Crippen molar-refractivity contribution in [1.82, 2.24) is 0 Å². The van der Waals surface area contributed by atoms with E-state index < -0.39 is 0 Å². The molecule has 4 nitrogen and oxygen atoms in total. The van der Waals surface area contributed by atoms with Crippen LogP contribution < -0.4 is 14.8 Å². The summed E-state index contributed by atoms with van der Waals surface area (Å²) in [5.74, 6) is 0.956. The van der Waals surface area contributed by atoms with Gasteiger partial charge in [0.25, 0.3) is 5.91 Å². The van der Waals surface area contributed by atoms with Gasteiger partial charge in [-0.2, -0.15) is 0 Å². The van der Waals surface area contributed by atoms with Crippen molar-refractivity contribution in [3.05, 3.63) is 53.1 Å². The highest BCUT2D eigenvalue weighted by Gasteiger charge is 2.12. The third-order valence-corrected chi connectivity index (χ3v) is 3.12. The summed E-state index contributed by atoms with van der Waals surface area (Å²) in [6.45, 7) is 4.82. The Bertz CT molecular complexity index is 658. The van der Waals surface area contributed by atoms with E-state index in [4.69, 9.17) is 21.1 Å². The van der Waals surface area contributed by atoms with E-state index in [0.717, 1.165) is 0 Å². The normalized spacial score (nSPS) is 10.1. The van der Waals surface area contributed by atoms with E-state index >= 15 is 0 Å². The molecule has 0 unspecified atom stereocenters. The first-order chi connectivity index (χ1) is 10.6. The first-order valence-corrected chi connectivity index (χ1v) is 7.48. The smallest absolute Gasteiger partial charge is 0.255 e. The average Bonchev–Trinajstić information content (AvgIpc) is 2.49. The number of rotatable bonds is 6. The zero-order valence-electron chi connectivity index (χ0n) is 12.6. The second-order valence-corrected chi connectivity index (χ2v) is 4.93. The molecule has 0 saturated carbocycles. The summed E-state index contributed by atoms with van der Waals surface area (Å²) in [6, 6.07) is 12.1. The minimum Gasteiger partial charge on any atom is -0.490 e. The lowest BCUT2D eigenvalue weighted by Crippen LogP contribution is -2.12. The number of nitrogens with one attached hydrogen (secondary N) is 1. The van der Waals surface area contributed by atoms with Crippen LogP contribution in [0.5, 0.6) is 11.5 Å². The number of halogens is 1. The molecule has 0 radical (unpaired) electrons. The van der Waals surface area contributed by atoms with Crippen LogP contribution in [0.4, 0.5) is 5.69 Å². The largest absolute Gasteiger partial charge is 0.490 e. The highest BCUT2D eigenvalue weighted by atomic mass is 35.5. The quantitative estimate of drug-likeness (QED) is 0.859. The molecule has 0 spiro atoms. The number of carbonyl (C=O) groups excluding carboxylic acids is 1. The molecule has 0 aromatic heterocycles. The third-order valence-electron chi connectivity index (χ3n) is 2.89. The Balaban J connectivity index is 2.20. The molecule has 0 saturated heterocycles. The molecule has 2 aromatic rings. The van der Waals surface area contributed by atoms with Gasteiger partial charge in [0, 0.05) is 16.3 Å². The Morgan fingerprint density at radius 3 is 2.45 bits per heavy atom. The number of ether oxygens (including phenoxy) is 2. The lowest BCUT2D eigenvalue weighted by atomic mass is 10.2. The molecule has 0 bridgehead atoms. The van der Waals surface area contributed by atoms with Gasteiger partial charge in [0.15, 0.2) is 11.5 Å². The standard InChI is InChI=1S/C17H18ClNO3/c1-3-21-15-9-8-12(10-16(15)22-4-2)17(20)19-14-7-5-6-13(18)11-14/h5-11H,3-4H2,1-2H3,(H,19,20). The topological polar surface area (TPSA) is 47.6 Å². The molecule has 2 aromatic carbocycles. The minimum absolute atomic E-state index is 0.230. The third kappa shape index (κ3) is 4.15. The van der Waals surface area contributed by atoms with E-state index in [2.05, 4.69) is 5.32 Å². The maximum atomic E-state index is 12.3. The molecule has 0 aliphatic carbocycles. The van der Waals surface area contributed by atoms with Crippen LogP contribution in [0.1, 0.15) is 24.2 Å². The van der Waals surface area contributed by atoms with E-state index in [0.29, 0.717) is 41.0 Å². The fraction of sp³-hybridized carbons (Fsp3) is 0.235. The first kappa shape index (κ1) is 16.2. The predicted octanol–water partition coefficient (Wildman–Crippen LogP) is 4.39. The van der Waals surface area contributed by atoms with E-state index in [9.17, 15) is 4.79 Å². The van der Waals surface area contributed by atoms with Gasteiger partial charge in [-0.15, -0.1) is 0 Å². The number of benzene rings is 2.